The van der Waals surface area contributed by atoms with Gasteiger partial charge in [0.15, 0.2) is 0 Å². The molecule has 0 saturated heterocycles. The van der Waals surface area contributed by atoms with Crippen molar-refractivity contribution in [3.8, 4) is 0 Å². The summed E-state index contributed by atoms with van der Waals surface area (Å²) in [6.07, 6.45) is 7.84. The van der Waals surface area contributed by atoms with E-state index in [9.17, 15) is 10.2 Å². The molecule has 0 aromatic rings. The Labute approximate surface area is 130 Å². The van der Waals surface area contributed by atoms with Crippen LogP contribution in [-0.2, 0) is 0 Å². The fourth-order valence-electron chi connectivity index (χ4n) is 5.57. The first-order valence-corrected chi connectivity index (χ1v) is 8.53. The number of aliphatic hydroxyl groups is 2. The van der Waals surface area contributed by atoms with Gasteiger partial charge >= 0.3 is 0 Å². The minimum atomic E-state index is -0.902. The zero-order valence-corrected chi connectivity index (χ0v) is 14.6. The summed E-state index contributed by atoms with van der Waals surface area (Å²) < 4.78 is 0. The molecule has 0 bridgehead atoms. The van der Waals surface area contributed by atoms with Gasteiger partial charge in [-0.05, 0) is 68.6 Å². The van der Waals surface area contributed by atoms with Crippen molar-refractivity contribution in [1.29, 1.82) is 0 Å². The molecule has 0 aromatic carbocycles. The lowest BCUT2D eigenvalue weighted by molar-refractivity contribution is -0.180. The Hall–Kier alpha value is -0.340. The molecule has 0 unspecified atom stereocenters. The second-order valence-corrected chi connectivity index (χ2v) is 9.11. The molecule has 0 amide bonds. The first-order valence-electron chi connectivity index (χ1n) is 8.53. The third-order valence-electron chi connectivity index (χ3n) is 6.82. The molecule has 0 aromatic heterocycles. The lowest BCUT2D eigenvalue weighted by Gasteiger charge is -2.62. The SMILES string of the molecule is C=C[C@@](C)(O)C[C@@H]1[C@@]2(C)CCCC(C)(C)[C@H]2CC[C@]1(C)O. The van der Waals surface area contributed by atoms with Crippen molar-refractivity contribution in [3.63, 3.8) is 0 Å². The van der Waals surface area contributed by atoms with Crippen LogP contribution in [-0.4, -0.2) is 21.4 Å². The van der Waals surface area contributed by atoms with Crippen molar-refractivity contribution in [2.24, 2.45) is 22.7 Å². The van der Waals surface area contributed by atoms with Crippen LogP contribution in [0.15, 0.2) is 12.7 Å². The Bertz CT molecular complexity index is 408. The average molecular weight is 294 g/mol. The molecule has 0 heterocycles. The van der Waals surface area contributed by atoms with E-state index in [1.807, 2.05) is 13.8 Å². The molecule has 2 rings (SSSR count). The van der Waals surface area contributed by atoms with Gasteiger partial charge < -0.3 is 10.2 Å². The highest BCUT2D eigenvalue weighted by Crippen LogP contribution is 2.63. The van der Waals surface area contributed by atoms with E-state index >= 15 is 0 Å². The van der Waals surface area contributed by atoms with Crippen LogP contribution in [0.25, 0.3) is 0 Å². The quantitative estimate of drug-likeness (QED) is 0.762. The lowest BCUT2D eigenvalue weighted by Crippen LogP contribution is -2.58. The van der Waals surface area contributed by atoms with Crippen molar-refractivity contribution in [2.45, 2.75) is 84.3 Å². The summed E-state index contributed by atoms with van der Waals surface area (Å²) in [5.74, 6) is 0.751. The highest BCUT2D eigenvalue weighted by molar-refractivity contribution is 5.10. The first kappa shape index (κ1) is 17.0. The summed E-state index contributed by atoms with van der Waals surface area (Å²) in [7, 11) is 0. The van der Waals surface area contributed by atoms with Crippen molar-refractivity contribution in [2.75, 3.05) is 0 Å². The zero-order chi connectivity index (χ0) is 16.1. The molecule has 2 N–H and O–H groups in total. The summed E-state index contributed by atoms with van der Waals surface area (Å²) in [6, 6.07) is 0. The highest BCUT2D eigenvalue weighted by atomic mass is 16.3. The highest BCUT2D eigenvalue weighted by Gasteiger charge is 2.58. The number of rotatable bonds is 3. The van der Waals surface area contributed by atoms with Gasteiger partial charge in [-0.15, -0.1) is 6.58 Å². The Morgan fingerprint density at radius 1 is 1.19 bits per heavy atom. The van der Waals surface area contributed by atoms with Crippen LogP contribution in [0.2, 0.25) is 0 Å². The molecular formula is C19H34O2. The van der Waals surface area contributed by atoms with E-state index in [4.69, 9.17) is 0 Å². The third kappa shape index (κ3) is 2.94. The maximum atomic E-state index is 11.0. The van der Waals surface area contributed by atoms with E-state index in [1.165, 1.54) is 12.8 Å². The van der Waals surface area contributed by atoms with Crippen LogP contribution in [0, 0.1) is 22.7 Å². The van der Waals surface area contributed by atoms with Crippen molar-refractivity contribution < 1.29 is 10.2 Å². The van der Waals surface area contributed by atoms with Crippen molar-refractivity contribution in [1.82, 2.24) is 0 Å². The molecule has 21 heavy (non-hydrogen) atoms. The maximum Gasteiger partial charge on any atom is 0.0801 e. The van der Waals surface area contributed by atoms with Crippen molar-refractivity contribution >= 4 is 0 Å². The Balaban J connectivity index is 2.39. The van der Waals surface area contributed by atoms with Crippen LogP contribution in [0.3, 0.4) is 0 Å². The Kier molecular flexibility index (Phi) is 4.13. The number of hydrogen-bond donors (Lipinski definition) is 2. The second-order valence-electron chi connectivity index (χ2n) is 9.11. The topological polar surface area (TPSA) is 40.5 Å². The summed E-state index contributed by atoms with van der Waals surface area (Å²) >= 11 is 0. The normalized spacial score (nSPS) is 45.5. The molecule has 0 radical (unpaired) electrons. The molecule has 2 nitrogen and oxygen atoms in total. The molecular weight excluding hydrogens is 260 g/mol. The van der Waals surface area contributed by atoms with Gasteiger partial charge in [0, 0.05) is 0 Å². The third-order valence-corrected chi connectivity index (χ3v) is 6.82. The molecule has 2 aliphatic carbocycles. The zero-order valence-electron chi connectivity index (χ0n) is 14.6. The molecule has 0 spiro atoms. The second kappa shape index (κ2) is 5.09. The van der Waals surface area contributed by atoms with Gasteiger partial charge in [0.1, 0.15) is 0 Å². The predicted octanol–water partition coefficient (Wildman–Crippen LogP) is 4.31. The van der Waals surface area contributed by atoms with Gasteiger partial charge in [-0.25, -0.2) is 0 Å². The van der Waals surface area contributed by atoms with E-state index in [1.54, 1.807) is 6.08 Å². The standard InChI is InChI=1S/C19H34O2/c1-7-17(4,20)13-15-18(5)11-8-10-16(2,3)14(18)9-12-19(15,6)21/h7,14-15,20-21H,1,8-13H2,2-6H3/t14-,15-,17-,18+,19+/m1/s1. The monoisotopic (exact) mass is 294 g/mol. The van der Waals surface area contributed by atoms with Gasteiger partial charge in [-0.3, -0.25) is 0 Å². The maximum absolute atomic E-state index is 11.0. The molecule has 2 fully saturated rings. The summed E-state index contributed by atoms with van der Waals surface area (Å²) in [4.78, 5) is 0. The number of hydrogen-bond acceptors (Lipinski definition) is 2. The summed E-state index contributed by atoms with van der Waals surface area (Å²) in [5, 5.41) is 21.5. The molecule has 122 valence electrons. The first-order chi connectivity index (χ1) is 9.45. The smallest absolute Gasteiger partial charge is 0.0801 e. The van der Waals surface area contributed by atoms with E-state index in [2.05, 4.69) is 27.4 Å². The van der Waals surface area contributed by atoms with Gasteiger partial charge in [0.05, 0.1) is 11.2 Å². The summed E-state index contributed by atoms with van der Waals surface area (Å²) in [6.45, 7) is 14.7. The molecule has 2 saturated carbocycles. The van der Waals surface area contributed by atoms with Crippen LogP contribution >= 0.6 is 0 Å². The van der Waals surface area contributed by atoms with Crippen LogP contribution < -0.4 is 0 Å². The fourth-order valence-corrected chi connectivity index (χ4v) is 5.57. The van der Waals surface area contributed by atoms with Crippen LogP contribution in [0.5, 0.6) is 0 Å². The van der Waals surface area contributed by atoms with Crippen LogP contribution in [0.1, 0.15) is 73.1 Å². The molecule has 5 atom stereocenters. The fraction of sp³-hybridized carbons (Fsp3) is 0.895. The lowest BCUT2D eigenvalue weighted by atomic mass is 9.44. The molecule has 2 heteroatoms. The number of fused-ring (bicyclic) bond motifs is 1. The van der Waals surface area contributed by atoms with Crippen LogP contribution in [0.4, 0.5) is 0 Å². The van der Waals surface area contributed by atoms with Gasteiger partial charge in [0.2, 0.25) is 0 Å². The van der Waals surface area contributed by atoms with Crippen molar-refractivity contribution in [3.05, 3.63) is 12.7 Å². The largest absolute Gasteiger partial charge is 0.390 e. The Morgan fingerprint density at radius 3 is 2.38 bits per heavy atom. The van der Waals surface area contributed by atoms with E-state index < -0.39 is 11.2 Å². The summed E-state index contributed by atoms with van der Waals surface area (Å²) in [5.41, 5.74) is -1.15. The van der Waals surface area contributed by atoms with Gasteiger partial charge in [-0.1, -0.05) is 33.3 Å². The van der Waals surface area contributed by atoms with E-state index in [0.717, 1.165) is 19.3 Å². The molecule has 0 aliphatic heterocycles. The Morgan fingerprint density at radius 2 is 1.81 bits per heavy atom. The van der Waals surface area contributed by atoms with Gasteiger partial charge in [-0.2, -0.15) is 0 Å². The predicted molar refractivity (Wildman–Crippen MR) is 88.0 cm³/mol. The van der Waals surface area contributed by atoms with Gasteiger partial charge in [0.25, 0.3) is 0 Å². The van der Waals surface area contributed by atoms with E-state index in [-0.39, 0.29) is 11.3 Å². The van der Waals surface area contributed by atoms with E-state index in [0.29, 0.717) is 17.8 Å². The minimum Gasteiger partial charge on any atom is -0.390 e. The minimum absolute atomic E-state index is 0.108. The average Bonchev–Trinajstić information content (AvgIpc) is 2.33. The molecule has 2 aliphatic rings.